The van der Waals surface area contributed by atoms with Crippen molar-refractivity contribution in [3.63, 3.8) is 0 Å². The second-order valence-corrected chi connectivity index (χ2v) is 10.7. The molecule has 11 nitrogen and oxygen atoms in total. The lowest BCUT2D eigenvalue weighted by Crippen LogP contribution is -2.49. The van der Waals surface area contributed by atoms with Crippen molar-refractivity contribution in [1.29, 1.82) is 10.7 Å². The zero-order valence-corrected chi connectivity index (χ0v) is 23.8. The molecule has 0 saturated carbocycles. The third-order valence-electron chi connectivity index (χ3n) is 7.38. The Morgan fingerprint density at radius 1 is 1.38 bits per heavy atom. The van der Waals surface area contributed by atoms with Crippen LogP contribution in [0.3, 0.4) is 0 Å². The number of rotatable bonds is 9. The molecule has 1 saturated heterocycles. The number of benzene rings is 1. The summed E-state index contributed by atoms with van der Waals surface area (Å²) in [6, 6.07) is 7.63. The summed E-state index contributed by atoms with van der Waals surface area (Å²) in [6.07, 6.45) is 4.63. The van der Waals surface area contributed by atoms with Crippen molar-refractivity contribution < 1.29 is 20.1 Å². The highest BCUT2D eigenvalue weighted by Crippen LogP contribution is 2.40. The second-order valence-electron chi connectivity index (χ2n) is 10.7. The summed E-state index contributed by atoms with van der Waals surface area (Å²) in [7, 11) is 1.68. The Morgan fingerprint density at radius 2 is 2.17 bits per heavy atom. The highest BCUT2D eigenvalue weighted by atomic mass is 19.1. The molecule has 2 aliphatic rings. The molecule has 4 heterocycles. The van der Waals surface area contributed by atoms with Crippen LogP contribution in [0.5, 0.6) is 5.75 Å². The first kappa shape index (κ1) is 29.0. The molecule has 0 radical (unpaired) electrons. The van der Waals surface area contributed by atoms with E-state index in [4.69, 9.17) is 19.9 Å². The largest absolute Gasteiger partial charge is 0.482 e. The Bertz CT molecular complexity index is 1530. The summed E-state index contributed by atoms with van der Waals surface area (Å²) in [5, 5.41) is 25.6. The van der Waals surface area contributed by atoms with Crippen molar-refractivity contribution in [2.24, 2.45) is 5.92 Å². The molecular formula is C30H35FN8O3. The maximum absolute atomic E-state index is 13.3. The molecule has 5 rings (SSSR count). The number of aromatic nitrogens is 3. The number of ether oxygens (including phenoxy) is 2. The van der Waals surface area contributed by atoms with Crippen LogP contribution in [0.1, 0.15) is 44.3 Å². The van der Waals surface area contributed by atoms with Crippen molar-refractivity contribution in [3.05, 3.63) is 59.1 Å². The summed E-state index contributed by atoms with van der Waals surface area (Å²) in [5.74, 6) is 0.631. The number of nitrogens with one attached hydrogen (secondary N) is 3. The smallest absolute Gasteiger partial charge is 0.265 e. The van der Waals surface area contributed by atoms with Gasteiger partial charge in [0.1, 0.15) is 23.5 Å². The van der Waals surface area contributed by atoms with E-state index in [9.17, 15) is 14.4 Å². The second kappa shape index (κ2) is 12.6. The van der Waals surface area contributed by atoms with Crippen LogP contribution in [-0.4, -0.2) is 66.0 Å². The van der Waals surface area contributed by atoms with Gasteiger partial charge in [0.2, 0.25) is 0 Å². The van der Waals surface area contributed by atoms with Crippen LogP contribution in [0.25, 0.3) is 11.1 Å². The minimum Gasteiger partial charge on any atom is -0.482 e. The topological polar surface area (TPSA) is 149 Å². The number of methoxy groups -OCH3 is 1. The number of carbonyl (C=O) groups excluding carboxylic acids is 1. The first-order chi connectivity index (χ1) is 20.3. The van der Waals surface area contributed by atoms with E-state index in [1.54, 1.807) is 25.3 Å². The normalized spacial score (nSPS) is 18.3. The minimum absolute atomic E-state index is 0. The van der Waals surface area contributed by atoms with Crippen molar-refractivity contribution in [3.8, 4) is 22.9 Å². The van der Waals surface area contributed by atoms with Gasteiger partial charge < -0.3 is 25.5 Å². The predicted molar refractivity (Wildman–Crippen MR) is 157 cm³/mol. The summed E-state index contributed by atoms with van der Waals surface area (Å²) in [6.45, 7) is 5.49. The van der Waals surface area contributed by atoms with E-state index < -0.39 is 5.82 Å². The molecule has 2 unspecified atom stereocenters. The highest BCUT2D eigenvalue weighted by Gasteiger charge is 2.30. The number of pyridine rings is 1. The van der Waals surface area contributed by atoms with Gasteiger partial charge in [0.25, 0.3) is 5.91 Å². The van der Waals surface area contributed by atoms with Gasteiger partial charge in [-0.25, -0.2) is 19.3 Å². The average Bonchev–Trinajstić information content (AvgIpc) is 2.99. The van der Waals surface area contributed by atoms with E-state index >= 15 is 0 Å². The maximum atomic E-state index is 13.3. The van der Waals surface area contributed by atoms with Gasteiger partial charge in [0, 0.05) is 32.4 Å². The quantitative estimate of drug-likeness (QED) is 0.325. The number of halogens is 1. The van der Waals surface area contributed by atoms with Crippen molar-refractivity contribution in [2.45, 2.75) is 45.4 Å². The number of carbonyl (C=O) groups is 1. The zero-order chi connectivity index (χ0) is 29.8. The Morgan fingerprint density at radius 3 is 2.86 bits per heavy atom. The number of nitrogens with zero attached hydrogens (tertiary/aromatic N) is 5. The van der Waals surface area contributed by atoms with Crippen LogP contribution in [0.15, 0.2) is 30.6 Å². The number of amides is 1. The lowest BCUT2D eigenvalue weighted by Gasteiger charge is -2.33. The Kier molecular flexibility index (Phi) is 8.70. The fourth-order valence-corrected chi connectivity index (χ4v) is 5.37. The van der Waals surface area contributed by atoms with E-state index in [0.29, 0.717) is 58.2 Å². The molecule has 42 heavy (non-hydrogen) atoms. The van der Waals surface area contributed by atoms with Crippen molar-refractivity contribution in [1.82, 2.24) is 20.3 Å². The number of fused-ring (bicyclic) bond motifs is 1. The van der Waals surface area contributed by atoms with Gasteiger partial charge in [-0.05, 0) is 43.0 Å². The van der Waals surface area contributed by atoms with Crippen LogP contribution in [0.4, 0.5) is 15.9 Å². The maximum Gasteiger partial charge on any atom is 0.265 e. The van der Waals surface area contributed by atoms with Crippen LogP contribution in [-0.2, 0) is 22.5 Å². The van der Waals surface area contributed by atoms with Gasteiger partial charge in [-0.3, -0.25) is 9.69 Å². The zero-order valence-electron chi connectivity index (χ0n) is 23.8. The van der Waals surface area contributed by atoms with Gasteiger partial charge >= 0.3 is 0 Å². The number of anilines is 2. The molecule has 2 aliphatic heterocycles. The summed E-state index contributed by atoms with van der Waals surface area (Å²) in [5.41, 5.74) is 3.24. The van der Waals surface area contributed by atoms with Crippen LogP contribution in [0, 0.1) is 28.5 Å². The highest BCUT2D eigenvalue weighted by molar-refractivity contribution is 6.00. The lowest BCUT2D eigenvalue weighted by molar-refractivity contribution is -0.121. The molecule has 2 aromatic heterocycles. The fraction of sp³-hybridized carbons (Fsp3) is 0.400. The monoisotopic (exact) mass is 574 g/mol. The van der Waals surface area contributed by atoms with Gasteiger partial charge in [-0.15, -0.1) is 0 Å². The number of hydrogen-bond acceptors (Lipinski definition) is 10. The molecule has 3 N–H and O–H groups in total. The molecular weight excluding hydrogens is 539 g/mol. The Balaban J connectivity index is 0.00000423. The SMILES string of the molecule is COC1CNCCC1Nc1nc(CC(C)C)c(C#N)c(-c2ccc3c(c2)OCC(=O)N3Cc2ncc(F)cn2)c1C=N.[HH]. The molecule has 0 aliphatic carbocycles. The molecule has 0 spiro atoms. The number of nitriles is 1. The summed E-state index contributed by atoms with van der Waals surface area (Å²) >= 11 is 0. The Hall–Kier alpha value is -4.47. The van der Waals surface area contributed by atoms with E-state index in [1.807, 2.05) is 0 Å². The van der Waals surface area contributed by atoms with Gasteiger partial charge in [-0.1, -0.05) is 19.9 Å². The third kappa shape index (κ3) is 5.93. The predicted octanol–water partition coefficient (Wildman–Crippen LogP) is 3.71. The van der Waals surface area contributed by atoms with Crippen LogP contribution < -0.4 is 20.3 Å². The van der Waals surface area contributed by atoms with Gasteiger partial charge in [0.05, 0.1) is 48.0 Å². The molecule has 1 amide bonds. The molecule has 1 fully saturated rings. The van der Waals surface area contributed by atoms with Crippen molar-refractivity contribution >= 4 is 23.6 Å². The molecule has 1 aromatic carbocycles. The van der Waals surface area contributed by atoms with E-state index in [1.165, 1.54) is 11.1 Å². The van der Waals surface area contributed by atoms with Crippen LogP contribution in [0.2, 0.25) is 0 Å². The molecule has 220 valence electrons. The average molecular weight is 575 g/mol. The van der Waals surface area contributed by atoms with E-state index in [-0.39, 0.29) is 44.4 Å². The molecule has 12 heteroatoms. The van der Waals surface area contributed by atoms with Crippen LogP contribution >= 0.6 is 0 Å². The minimum atomic E-state index is -0.562. The fourth-order valence-electron chi connectivity index (χ4n) is 5.37. The molecule has 2 atom stereocenters. The van der Waals surface area contributed by atoms with Gasteiger partial charge in [0.15, 0.2) is 12.4 Å². The summed E-state index contributed by atoms with van der Waals surface area (Å²) < 4.78 is 24.8. The first-order valence-corrected chi connectivity index (χ1v) is 13.8. The standard InChI is InChI=1S/C30H33FN8O3.H2/c1-17(2)8-23-20(10-32)29(21(11-33)30(38-23)37-22-6-7-34-14-26(22)41-3)18-4-5-24-25(9-18)42-16-28(40)39(24)15-27-35-12-19(31)13-36-27;/h4-5,9,11-13,17,22,26,33-34H,6-8,14-16H2,1-3H3,(H,37,38);1H. The molecule has 0 bridgehead atoms. The lowest BCUT2D eigenvalue weighted by atomic mass is 9.91. The molecule has 3 aromatic rings. The summed E-state index contributed by atoms with van der Waals surface area (Å²) in [4.78, 5) is 27.1. The van der Waals surface area contributed by atoms with Gasteiger partial charge in [-0.2, -0.15) is 5.26 Å². The van der Waals surface area contributed by atoms with E-state index in [0.717, 1.165) is 25.4 Å². The first-order valence-electron chi connectivity index (χ1n) is 13.8. The third-order valence-corrected chi connectivity index (χ3v) is 7.38. The van der Waals surface area contributed by atoms with E-state index in [2.05, 4.69) is 40.5 Å². The van der Waals surface area contributed by atoms with Crippen molar-refractivity contribution in [2.75, 3.05) is 37.0 Å². The number of hydrogen-bond donors (Lipinski definition) is 3. The number of piperidine rings is 1. The Labute approximate surface area is 245 Å².